The van der Waals surface area contributed by atoms with Crippen LogP contribution in [0.25, 0.3) is 11.1 Å². The number of ether oxygens (including phenoxy) is 2. The van der Waals surface area contributed by atoms with E-state index in [1.54, 1.807) is 6.07 Å². The van der Waals surface area contributed by atoms with E-state index in [0.717, 1.165) is 22.6 Å². The van der Waals surface area contributed by atoms with Gasteiger partial charge in [-0.15, -0.1) is 0 Å². The number of aryl methyl sites for hydroxylation is 1. The molecule has 1 unspecified atom stereocenters. The maximum atomic E-state index is 11.5. The van der Waals surface area contributed by atoms with Crippen molar-refractivity contribution in [1.29, 1.82) is 0 Å². The van der Waals surface area contributed by atoms with Crippen molar-refractivity contribution in [1.82, 2.24) is 9.55 Å². The average molecular weight is 403 g/mol. The van der Waals surface area contributed by atoms with Crippen molar-refractivity contribution in [3.8, 4) is 22.9 Å². The molecule has 0 saturated heterocycles. The molecule has 27 heavy (non-hydrogen) atoms. The smallest absolute Gasteiger partial charge is 0.300 e. The Hall–Kier alpha value is -2.50. The molecular weight excluding hydrogens is 387 g/mol. The SMILES string of the molecule is Cc1cc(=O)nc2n1CC(COc1ccc(-c3cccc(Cl)c3Cl)cc1)O2. The zero-order valence-corrected chi connectivity index (χ0v) is 16.0. The van der Waals surface area contributed by atoms with Crippen molar-refractivity contribution >= 4 is 23.2 Å². The number of halogens is 2. The fourth-order valence-electron chi connectivity index (χ4n) is 3.03. The lowest BCUT2D eigenvalue weighted by molar-refractivity contribution is 0.143. The highest BCUT2D eigenvalue weighted by molar-refractivity contribution is 6.43. The Kier molecular flexibility index (Phi) is 4.81. The highest BCUT2D eigenvalue weighted by Gasteiger charge is 2.25. The van der Waals surface area contributed by atoms with Crippen LogP contribution in [0.15, 0.2) is 53.3 Å². The Morgan fingerprint density at radius 3 is 2.78 bits per heavy atom. The Morgan fingerprint density at radius 1 is 1.22 bits per heavy atom. The Labute approximate surface area is 166 Å². The van der Waals surface area contributed by atoms with Gasteiger partial charge in [0.1, 0.15) is 12.4 Å². The Bertz CT molecular complexity index is 1050. The molecule has 0 spiro atoms. The zero-order chi connectivity index (χ0) is 19.0. The normalized spacial score (nSPS) is 15.3. The molecule has 138 valence electrons. The van der Waals surface area contributed by atoms with Gasteiger partial charge in [-0.2, -0.15) is 4.98 Å². The van der Waals surface area contributed by atoms with Gasteiger partial charge in [0.2, 0.25) is 0 Å². The van der Waals surface area contributed by atoms with E-state index < -0.39 is 0 Å². The lowest BCUT2D eigenvalue weighted by atomic mass is 10.1. The summed E-state index contributed by atoms with van der Waals surface area (Å²) in [5.74, 6) is 0.718. The molecule has 4 rings (SSSR count). The molecule has 0 fully saturated rings. The molecule has 1 aromatic heterocycles. The summed E-state index contributed by atoms with van der Waals surface area (Å²) in [6, 6.07) is 15.0. The molecule has 0 radical (unpaired) electrons. The molecule has 5 nitrogen and oxygen atoms in total. The Balaban J connectivity index is 1.42. The highest BCUT2D eigenvalue weighted by Crippen LogP contribution is 2.34. The number of fused-ring (bicyclic) bond motifs is 1. The van der Waals surface area contributed by atoms with Crippen molar-refractivity contribution in [2.24, 2.45) is 0 Å². The minimum atomic E-state index is -0.296. The zero-order valence-electron chi connectivity index (χ0n) is 14.5. The van der Waals surface area contributed by atoms with E-state index in [4.69, 9.17) is 32.7 Å². The Morgan fingerprint density at radius 2 is 2.00 bits per heavy atom. The number of nitrogens with zero attached hydrogens (tertiary/aromatic N) is 2. The molecule has 0 N–H and O–H groups in total. The van der Waals surface area contributed by atoms with Crippen LogP contribution in [0.5, 0.6) is 11.8 Å². The molecule has 7 heteroatoms. The van der Waals surface area contributed by atoms with Gasteiger partial charge in [-0.05, 0) is 30.7 Å². The van der Waals surface area contributed by atoms with Crippen LogP contribution >= 0.6 is 23.2 Å². The molecule has 2 aromatic carbocycles. The molecule has 0 amide bonds. The largest absolute Gasteiger partial charge is 0.490 e. The first kappa shape index (κ1) is 17.9. The number of aromatic nitrogens is 2. The van der Waals surface area contributed by atoms with Crippen LogP contribution in [0.1, 0.15) is 5.69 Å². The van der Waals surface area contributed by atoms with Gasteiger partial charge in [-0.3, -0.25) is 9.36 Å². The summed E-state index contributed by atoms with van der Waals surface area (Å²) >= 11 is 12.4. The average Bonchev–Trinajstić information content (AvgIpc) is 3.06. The first-order valence-electron chi connectivity index (χ1n) is 8.43. The molecule has 2 heterocycles. The molecule has 1 atom stereocenters. The lowest BCUT2D eigenvalue weighted by Crippen LogP contribution is -2.23. The molecule has 0 aliphatic carbocycles. The quantitative estimate of drug-likeness (QED) is 0.650. The minimum Gasteiger partial charge on any atom is -0.490 e. The van der Waals surface area contributed by atoms with E-state index in [1.807, 2.05) is 47.9 Å². The molecule has 0 bridgehead atoms. The van der Waals surface area contributed by atoms with Gasteiger partial charge < -0.3 is 9.47 Å². The van der Waals surface area contributed by atoms with E-state index >= 15 is 0 Å². The van der Waals surface area contributed by atoms with E-state index in [1.165, 1.54) is 6.07 Å². The number of hydrogen-bond acceptors (Lipinski definition) is 4. The van der Waals surface area contributed by atoms with Crippen LogP contribution in [0.3, 0.4) is 0 Å². The van der Waals surface area contributed by atoms with E-state index in [2.05, 4.69) is 4.98 Å². The second-order valence-electron chi connectivity index (χ2n) is 6.31. The van der Waals surface area contributed by atoms with Crippen LogP contribution in [-0.2, 0) is 6.54 Å². The summed E-state index contributed by atoms with van der Waals surface area (Å²) in [4.78, 5) is 15.4. The summed E-state index contributed by atoms with van der Waals surface area (Å²) in [5.41, 5.74) is 2.36. The van der Waals surface area contributed by atoms with E-state index in [9.17, 15) is 4.79 Å². The second kappa shape index (κ2) is 7.25. The fraction of sp³-hybridized carbons (Fsp3) is 0.200. The molecule has 3 aromatic rings. The summed E-state index contributed by atoms with van der Waals surface area (Å²) < 4.78 is 13.4. The van der Waals surface area contributed by atoms with Crippen molar-refractivity contribution in [3.63, 3.8) is 0 Å². The lowest BCUT2D eigenvalue weighted by Gasteiger charge is -2.12. The van der Waals surface area contributed by atoms with Crippen molar-refractivity contribution in [3.05, 3.63) is 74.6 Å². The van der Waals surface area contributed by atoms with Gasteiger partial charge >= 0.3 is 0 Å². The van der Waals surface area contributed by atoms with Crippen molar-refractivity contribution in [2.75, 3.05) is 6.61 Å². The third-order valence-corrected chi connectivity index (χ3v) is 5.22. The first-order valence-corrected chi connectivity index (χ1v) is 9.19. The summed E-state index contributed by atoms with van der Waals surface area (Å²) in [6.45, 7) is 2.82. The monoisotopic (exact) mass is 402 g/mol. The standard InChI is InChI=1S/C20H16Cl2N2O3/c1-12-9-18(25)23-20-24(12)10-15(27-20)11-26-14-7-5-13(6-8-14)16-3-2-4-17(21)19(16)22/h2-9,15H,10-11H2,1H3. The predicted octanol–water partition coefficient (Wildman–Crippen LogP) is 4.37. The minimum absolute atomic E-state index is 0.194. The molecular formula is C20H16Cl2N2O3. The number of rotatable bonds is 4. The van der Waals surface area contributed by atoms with E-state index in [0.29, 0.717) is 29.2 Å². The number of benzene rings is 2. The van der Waals surface area contributed by atoms with Gasteiger partial charge in [-0.25, -0.2) is 0 Å². The summed E-state index contributed by atoms with van der Waals surface area (Å²) in [5, 5.41) is 1.05. The molecule has 0 saturated carbocycles. The van der Waals surface area contributed by atoms with Gasteiger partial charge in [0.25, 0.3) is 11.6 Å². The topological polar surface area (TPSA) is 53.4 Å². The van der Waals surface area contributed by atoms with Gasteiger partial charge in [-0.1, -0.05) is 47.5 Å². The maximum Gasteiger partial charge on any atom is 0.300 e. The van der Waals surface area contributed by atoms with Crippen molar-refractivity contribution < 1.29 is 9.47 Å². The van der Waals surface area contributed by atoms with Crippen molar-refractivity contribution in [2.45, 2.75) is 19.6 Å². The number of hydrogen-bond donors (Lipinski definition) is 0. The second-order valence-corrected chi connectivity index (χ2v) is 7.09. The predicted molar refractivity (Wildman–Crippen MR) is 105 cm³/mol. The first-order chi connectivity index (χ1) is 13.0. The van der Waals surface area contributed by atoms with Crippen LogP contribution in [0.2, 0.25) is 10.0 Å². The third-order valence-electron chi connectivity index (χ3n) is 4.41. The summed E-state index contributed by atoms with van der Waals surface area (Å²) in [6.07, 6.45) is -0.194. The van der Waals surface area contributed by atoms with Crippen LogP contribution in [0, 0.1) is 6.92 Å². The molecule has 1 aliphatic heterocycles. The summed E-state index contributed by atoms with van der Waals surface area (Å²) in [7, 11) is 0. The maximum absolute atomic E-state index is 11.5. The van der Waals surface area contributed by atoms with Gasteiger partial charge in [0, 0.05) is 17.3 Å². The van der Waals surface area contributed by atoms with E-state index in [-0.39, 0.29) is 11.7 Å². The van der Waals surface area contributed by atoms with Crippen LogP contribution < -0.4 is 15.0 Å². The van der Waals surface area contributed by atoms with Gasteiger partial charge in [0.15, 0.2) is 6.10 Å². The molecule has 1 aliphatic rings. The fourth-order valence-corrected chi connectivity index (χ4v) is 3.44. The highest BCUT2D eigenvalue weighted by atomic mass is 35.5. The van der Waals surface area contributed by atoms with Crippen LogP contribution in [-0.4, -0.2) is 22.3 Å². The van der Waals surface area contributed by atoms with Gasteiger partial charge in [0.05, 0.1) is 16.6 Å². The van der Waals surface area contributed by atoms with Crippen LogP contribution in [0.4, 0.5) is 0 Å². The third kappa shape index (κ3) is 3.66.